The summed E-state index contributed by atoms with van der Waals surface area (Å²) >= 11 is 2.75. The average molecular weight is 426 g/mol. The van der Waals surface area contributed by atoms with Crippen molar-refractivity contribution in [1.82, 2.24) is 19.7 Å². The number of benzene rings is 1. The Morgan fingerprint density at radius 2 is 2.00 bits per heavy atom. The van der Waals surface area contributed by atoms with Crippen molar-refractivity contribution in [3.63, 3.8) is 0 Å². The largest absolute Gasteiger partial charge is 0.299 e. The second-order valence-corrected chi connectivity index (χ2v) is 8.59. The maximum atomic E-state index is 13.2. The number of thiophene rings is 1. The van der Waals surface area contributed by atoms with Crippen LogP contribution in [0.25, 0.3) is 21.3 Å². The molecular weight excluding hydrogens is 406 g/mol. The fourth-order valence-electron chi connectivity index (χ4n) is 2.95. The number of nitrogens with zero attached hydrogens (tertiary/aromatic N) is 4. The van der Waals surface area contributed by atoms with Crippen LogP contribution in [0.5, 0.6) is 0 Å². The number of aryl methyl sites for hydroxylation is 2. The van der Waals surface area contributed by atoms with Crippen LogP contribution in [0.4, 0.5) is 5.13 Å². The molecule has 9 heteroatoms. The highest BCUT2D eigenvalue weighted by Crippen LogP contribution is 2.31. The van der Waals surface area contributed by atoms with Gasteiger partial charge in [0.15, 0.2) is 0 Å². The number of anilines is 1. The van der Waals surface area contributed by atoms with Crippen LogP contribution in [-0.4, -0.2) is 25.7 Å². The molecule has 4 aromatic rings. The molecule has 1 aromatic carbocycles. The molecule has 1 N–H and O–H groups in total. The molecule has 3 aromatic heterocycles. The van der Waals surface area contributed by atoms with E-state index in [9.17, 15) is 9.59 Å². The molecule has 0 saturated carbocycles. The zero-order valence-electron chi connectivity index (χ0n) is 16.2. The summed E-state index contributed by atoms with van der Waals surface area (Å²) in [5.41, 5.74) is 2.70. The minimum absolute atomic E-state index is 0.235. The van der Waals surface area contributed by atoms with Crippen LogP contribution in [0, 0.1) is 6.92 Å². The predicted molar refractivity (Wildman–Crippen MR) is 117 cm³/mol. The van der Waals surface area contributed by atoms with Gasteiger partial charge in [-0.3, -0.25) is 19.5 Å². The lowest BCUT2D eigenvalue weighted by molar-refractivity contribution is -0.118. The zero-order chi connectivity index (χ0) is 20.5. The van der Waals surface area contributed by atoms with Crippen LogP contribution in [0.2, 0.25) is 0 Å². The van der Waals surface area contributed by atoms with Gasteiger partial charge in [0, 0.05) is 10.9 Å². The summed E-state index contributed by atoms with van der Waals surface area (Å²) in [6, 6.07) is 7.26. The molecule has 0 aliphatic carbocycles. The van der Waals surface area contributed by atoms with Gasteiger partial charge < -0.3 is 0 Å². The quantitative estimate of drug-likeness (QED) is 0.521. The third kappa shape index (κ3) is 3.70. The predicted octanol–water partition coefficient (Wildman–Crippen LogP) is 4.05. The molecule has 1 amide bonds. The van der Waals surface area contributed by atoms with Crippen LogP contribution in [0.15, 0.2) is 40.8 Å². The zero-order valence-corrected chi connectivity index (χ0v) is 17.8. The standard InChI is InChI=1S/C20H19N5O2S2/c1-4-15-23-24-20(29-15)22-17(26)12(3)25-10-21-18-16(19(25)27)14(9-28-18)13-7-5-11(2)6-8-13/h5-10,12H,4H2,1-3H3,(H,22,24,26). The average Bonchev–Trinajstić information content (AvgIpc) is 3.35. The van der Waals surface area contributed by atoms with Crippen LogP contribution in [-0.2, 0) is 11.2 Å². The van der Waals surface area contributed by atoms with Crippen molar-refractivity contribution in [1.29, 1.82) is 0 Å². The number of carbonyl (C=O) groups excluding carboxylic acids is 1. The summed E-state index contributed by atoms with van der Waals surface area (Å²) in [5, 5.41) is 14.4. The Morgan fingerprint density at radius 3 is 2.69 bits per heavy atom. The summed E-state index contributed by atoms with van der Waals surface area (Å²) in [4.78, 5) is 31.0. The molecule has 0 fully saturated rings. The van der Waals surface area contributed by atoms with E-state index in [0.717, 1.165) is 28.1 Å². The fraction of sp³-hybridized carbons (Fsp3) is 0.250. The lowest BCUT2D eigenvalue weighted by atomic mass is 10.0. The first-order chi connectivity index (χ1) is 14.0. The molecule has 7 nitrogen and oxygen atoms in total. The number of aromatic nitrogens is 4. The lowest BCUT2D eigenvalue weighted by Crippen LogP contribution is -2.31. The topological polar surface area (TPSA) is 89.8 Å². The Morgan fingerprint density at radius 1 is 1.24 bits per heavy atom. The molecule has 3 heterocycles. The van der Waals surface area contributed by atoms with Crippen molar-refractivity contribution in [2.75, 3.05) is 5.32 Å². The second-order valence-electron chi connectivity index (χ2n) is 6.67. The summed E-state index contributed by atoms with van der Waals surface area (Å²) in [5.74, 6) is -0.334. The van der Waals surface area contributed by atoms with Gasteiger partial charge in [0.2, 0.25) is 11.0 Å². The van der Waals surface area contributed by atoms with Crippen LogP contribution < -0.4 is 10.9 Å². The number of carbonyl (C=O) groups is 1. The number of hydrogen-bond donors (Lipinski definition) is 1. The van der Waals surface area contributed by atoms with E-state index in [1.54, 1.807) is 6.92 Å². The molecule has 4 rings (SSSR count). The monoisotopic (exact) mass is 425 g/mol. The molecule has 0 aliphatic rings. The molecule has 0 bridgehead atoms. The van der Waals surface area contributed by atoms with Gasteiger partial charge in [0.25, 0.3) is 5.56 Å². The van der Waals surface area contributed by atoms with Gasteiger partial charge in [-0.1, -0.05) is 48.1 Å². The van der Waals surface area contributed by atoms with E-state index in [4.69, 9.17) is 0 Å². The van der Waals surface area contributed by atoms with E-state index in [-0.39, 0.29) is 11.5 Å². The minimum atomic E-state index is -0.737. The Bertz CT molecular complexity index is 1240. The molecule has 0 radical (unpaired) electrons. The first-order valence-corrected chi connectivity index (χ1v) is 10.9. The summed E-state index contributed by atoms with van der Waals surface area (Å²) in [7, 11) is 0. The third-order valence-corrected chi connectivity index (χ3v) is 6.55. The smallest absolute Gasteiger partial charge is 0.263 e. The summed E-state index contributed by atoms with van der Waals surface area (Å²) < 4.78 is 1.36. The molecule has 1 unspecified atom stereocenters. The van der Waals surface area contributed by atoms with E-state index in [0.29, 0.717) is 15.3 Å². The minimum Gasteiger partial charge on any atom is -0.299 e. The van der Waals surface area contributed by atoms with Crippen molar-refractivity contribution >= 4 is 43.9 Å². The van der Waals surface area contributed by atoms with Crippen LogP contribution in [0.3, 0.4) is 0 Å². The van der Waals surface area contributed by atoms with Gasteiger partial charge in [-0.15, -0.1) is 21.5 Å². The van der Waals surface area contributed by atoms with Crippen LogP contribution in [0.1, 0.15) is 30.5 Å². The molecule has 29 heavy (non-hydrogen) atoms. The van der Waals surface area contributed by atoms with Gasteiger partial charge >= 0.3 is 0 Å². The van der Waals surface area contributed by atoms with Gasteiger partial charge in [0.05, 0.1) is 11.7 Å². The molecule has 0 spiro atoms. The normalized spacial score (nSPS) is 12.2. The van der Waals surface area contributed by atoms with E-state index in [2.05, 4.69) is 20.5 Å². The maximum absolute atomic E-state index is 13.2. The highest BCUT2D eigenvalue weighted by molar-refractivity contribution is 7.17. The number of amides is 1. The number of nitrogens with one attached hydrogen (secondary N) is 1. The summed E-state index contributed by atoms with van der Waals surface area (Å²) in [6.45, 7) is 5.66. The Labute approximate surface area is 175 Å². The first kappa shape index (κ1) is 19.4. The number of hydrogen-bond acceptors (Lipinski definition) is 7. The third-order valence-electron chi connectivity index (χ3n) is 4.68. The van der Waals surface area contributed by atoms with E-state index < -0.39 is 6.04 Å². The molecule has 148 valence electrons. The van der Waals surface area contributed by atoms with Gasteiger partial charge in [-0.25, -0.2) is 4.98 Å². The summed E-state index contributed by atoms with van der Waals surface area (Å²) in [6.07, 6.45) is 2.19. The van der Waals surface area contributed by atoms with E-state index in [1.165, 1.54) is 33.6 Å². The number of rotatable bonds is 5. The highest BCUT2D eigenvalue weighted by Gasteiger charge is 2.21. The lowest BCUT2D eigenvalue weighted by Gasteiger charge is -2.13. The Hall–Kier alpha value is -2.91. The van der Waals surface area contributed by atoms with Gasteiger partial charge in [0.1, 0.15) is 15.9 Å². The van der Waals surface area contributed by atoms with Gasteiger partial charge in [-0.05, 0) is 25.8 Å². The van der Waals surface area contributed by atoms with Crippen LogP contribution >= 0.6 is 22.7 Å². The maximum Gasteiger partial charge on any atom is 0.263 e. The molecular formula is C20H19N5O2S2. The van der Waals surface area contributed by atoms with Crippen molar-refractivity contribution in [2.45, 2.75) is 33.2 Å². The molecule has 0 aliphatic heterocycles. The van der Waals surface area contributed by atoms with E-state index >= 15 is 0 Å². The highest BCUT2D eigenvalue weighted by atomic mass is 32.1. The molecule has 0 saturated heterocycles. The Balaban J connectivity index is 1.69. The van der Waals surface area contributed by atoms with Crippen molar-refractivity contribution in [3.8, 4) is 11.1 Å². The second kappa shape index (κ2) is 7.84. The van der Waals surface area contributed by atoms with E-state index in [1.807, 2.05) is 43.5 Å². The first-order valence-electron chi connectivity index (χ1n) is 9.16. The SMILES string of the molecule is CCc1nnc(NC(=O)C(C)n2cnc3scc(-c4ccc(C)cc4)c3c2=O)s1. The van der Waals surface area contributed by atoms with Gasteiger partial charge in [-0.2, -0.15) is 0 Å². The molecule has 1 atom stereocenters. The number of fused-ring (bicyclic) bond motifs is 1. The van der Waals surface area contributed by atoms with Crippen molar-refractivity contribution < 1.29 is 4.79 Å². The van der Waals surface area contributed by atoms with Crippen molar-refractivity contribution in [3.05, 3.63) is 56.9 Å². The Kier molecular flexibility index (Phi) is 5.25. The van der Waals surface area contributed by atoms with Crippen molar-refractivity contribution in [2.24, 2.45) is 0 Å². The fourth-order valence-corrected chi connectivity index (χ4v) is 4.54.